The normalized spacial score (nSPS) is 14.0. The highest BCUT2D eigenvalue weighted by Gasteiger charge is 2.41. The van der Waals surface area contributed by atoms with Crippen LogP contribution < -0.4 is 14.8 Å². The van der Waals surface area contributed by atoms with Crippen LogP contribution in [0.15, 0.2) is 94.3 Å². The lowest BCUT2D eigenvalue weighted by Gasteiger charge is -2.25. The molecule has 3 aromatic carbocycles. The molecule has 2 heterocycles. The van der Waals surface area contributed by atoms with Crippen molar-refractivity contribution in [2.75, 3.05) is 18.5 Å². The van der Waals surface area contributed by atoms with Crippen LogP contribution in [-0.2, 0) is 4.79 Å². The fraction of sp³-hybridized carbons (Fsp3) is 0.465. The number of carbonyl (C=O) groups excluding carboxylic acids is 1. The third-order valence-corrected chi connectivity index (χ3v) is 13.9. The van der Waals surface area contributed by atoms with Gasteiger partial charge in [-0.05, 0) is 46.9 Å². The molecule has 51 heavy (non-hydrogen) atoms. The number of para-hydroxylation sites is 1. The number of anilines is 1. The molecule has 0 atom stereocenters. The molecule has 0 saturated heterocycles. The molecule has 0 radical (unpaired) electrons. The van der Waals surface area contributed by atoms with E-state index < -0.39 is 5.41 Å². The number of unbranched alkanes of at least 4 members (excludes halogenated alkanes) is 6. The monoisotopic (exact) mass is 761 g/mol. The van der Waals surface area contributed by atoms with Crippen LogP contribution in [0.25, 0.3) is 5.57 Å². The van der Waals surface area contributed by atoms with Crippen molar-refractivity contribution in [2.24, 2.45) is 10.8 Å². The second kappa shape index (κ2) is 18.1. The number of fused-ring (bicyclic) bond motifs is 2. The van der Waals surface area contributed by atoms with E-state index in [4.69, 9.17) is 9.47 Å². The molecule has 0 saturated carbocycles. The highest BCUT2D eigenvalue weighted by Crippen LogP contribution is 2.70. The van der Waals surface area contributed by atoms with Crippen LogP contribution in [0.3, 0.4) is 0 Å². The van der Waals surface area contributed by atoms with Gasteiger partial charge >= 0.3 is 0 Å². The first-order chi connectivity index (χ1) is 24.4. The Morgan fingerprint density at radius 2 is 1.04 bits per heavy atom. The van der Waals surface area contributed by atoms with E-state index in [1.807, 2.05) is 53.9 Å². The number of hydrogen-bond donors (Lipinski definition) is 1. The first-order valence-electron chi connectivity index (χ1n) is 18.6. The minimum Gasteiger partial charge on any atom is -0.491 e. The number of nitrogens with one attached hydrogen (secondary N) is 1. The number of carbonyl (C=O) groups is 1. The molecule has 1 amide bonds. The van der Waals surface area contributed by atoms with Crippen LogP contribution in [0.1, 0.15) is 112 Å². The predicted molar refractivity (Wildman–Crippen MR) is 224 cm³/mol. The number of benzene rings is 3. The second-order valence-corrected chi connectivity index (χ2v) is 19.8. The number of amides is 1. The van der Waals surface area contributed by atoms with E-state index >= 15 is 0 Å². The Bertz CT molecular complexity index is 1660. The Labute approximate surface area is 324 Å². The molecule has 0 aromatic heterocycles. The molecular formula is C43H55NO3S4. The van der Waals surface area contributed by atoms with E-state index in [0.717, 1.165) is 72.3 Å². The third kappa shape index (κ3) is 9.98. The highest BCUT2D eigenvalue weighted by molar-refractivity contribution is 8.26. The van der Waals surface area contributed by atoms with Crippen molar-refractivity contribution in [3.8, 4) is 11.5 Å². The zero-order valence-electron chi connectivity index (χ0n) is 31.7. The molecule has 3 aromatic rings. The Morgan fingerprint density at radius 3 is 1.47 bits per heavy atom. The molecule has 2 aliphatic rings. The van der Waals surface area contributed by atoms with E-state index in [0.29, 0.717) is 13.2 Å². The van der Waals surface area contributed by atoms with Gasteiger partial charge in [-0.15, -0.1) is 0 Å². The smallest absolute Gasteiger partial charge is 0.253 e. The molecule has 0 unspecified atom stereocenters. The van der Waals surface area contributed by atoms with Crippen molar-refractivity contribution in [1.82, 2.24) is 0 Å². The summed E-state index contributed by atoms with van der Waals surface area (Å²) in [4.78, 5) is 18.5. The number of rotatable bonds is 15. The maximum Gasteiger partial charge on any atom is 0.253 e. The SMILES string of the molecule is CCCCCCOc1c2c(c(OCCCCCC)c3c1SC(=C(c1ccccc1)C(C)(C)C)S3)SC(=C(C(=O)Nc1ccccc1)C(C)(C)C)S2. The van der Waals surface area contributed by atoms with Crippen LogP contribution in [0, 0.1) is 10.8 Å². The number of thioether (sulfide) groups is 4. The van der Waals surface area contributed by atoms with Crippen molar-refractivity contribution < 1.29 is 14.3 Å². The van der Waals surface area contributed by atoms with Crippen molar-refractivity contribution >= 4 is 64.2 Å². The maximum atomic E-state index is 14.1. The van der Waals surface area contributed by atoms with Crippen molar-refractivity contribution in [2.45, 2.75) is 126 Å². The fourth-order valence-electron chi connectivity index (χ4n) is 6.19. The van der Waals surface area contributed by atoms with Crippen LogP contribution in [-0.4, -0.2) is 19.1 Å². The highest BCUT2D eigenvalue weighted by atomic mass is 32.2. The Balaban J connectivity index is 1.65. The standard InChI is InChI=1S/C43H55NO3S4/c1-9-11-13-21-27-46-33-35-36(49-40(48-35)31(42(3,4)5)29-23-17-15-18-24-29)34(47-28-22-14-12-10-2)38-37(33)50-41(51-38)32(43(6,7)8)39(45)44-30-25-19-16-20-26-30/h15-20,23-26H,9-14,21-22,27-28H2,1-8H3,(H,44,45). The summed E-state index contributed by atoms with van der Waals surface area (Å²) in [6.45, 7) is 19.1. The van der Waals surface area contributed by atoms with Gasteiger partial charge in [0.25, 0.3) is 5.91 Å². The minimum absolute atomic E-state index is 0.0697. The summed E-state index contributed by atoms with van der Waals surface area (Å²) >= 11 is 7.03. The topological polar surface area (TPSA) is 47.6 Å². The Hall–Kier alpha value is -2.39. The van der Waals surface area contributed by atoms with Crippen molar-refractivity contribution in [1.29, 1.82) is 0 Å². The van der Waals surface area contributed by atoms with E-state index in [9.17, 15) is 4.79 Å². The first kappa shape index (κ1) is 39.8. The molecule has 2 aliphatic heterocycles. The molecule has 0 aliphatic carbocycles. The van der Waals surface area contributed by atoms with Crippen LogP contribution >= 0.6 is 47.0 Å². The lowest BCUT2D eigenvalue weighted by molar-refractivity contribution is -0.113. The maximum absolute atomic E-state index is 14.1. The molecule has 5 rings (SSSR count). The van der Waals surface area contributed by atoms with Gasteiger partial charge in [0.2, 0.25) is 0 Å². The summed E-state index contributed by atoms with van der Waals surface area (Å²) in [5.41, 5.74) is 3.69. The van der Waals surface area contributed by atoms with Crippen molar-refractivity contribution in [3.05, 3.63) is 80.3 Å². The van der Waals surface area contributed by atoms with E-state index in [-0.39, 0.29) is 11.3 Å². The molecule has 0 bridgehead atoms. The summed E-state index contributed by atoms with van der Waals surface area (Å²) in [5.74, 6) is 1.81. The molecular weight excluding hydrogens is 707 g/mol. The average Bonchev–Trinajstić information content (AvgIpc) is 3.70. The lowest BCUT2D eigenvalue weighted by Crippen LogP contribution is -2.24. The van der Waals surface area contributed by atoms with E-state index in [1.165, 1.54) is 41.1 Å². The van der Waals surface area contributed by atoms with Gasteiger partial charge in [0.05, 0.1) is 41.3 Å². The molecule has 274 valence electrons. The molecule has 4 nitrogen and oxygen atoms in total. The van der Waals surface area contributed by atoms with Gasteiger partial charge in [-0.25, -0.2) is 0 Å². The average molecular weight is 762 g/mol. The summed E-state index contributed by atoms with van der Waals surface area (Å²) in [6, 6.07) is 20.5. The quantitative estimate of drug-likeness (QED) is 0.122. The Morgan fingerprint density at radius 1 is 0.588 bits per heavy atom. The summed E-state index contributed by atoms with van der Waals surface area (Å²) < 4.78 is 16.0. The summed E-state index contributed by atoms with van der Waals surface area (Å²) in [7, 11) is 0. The molecule has 1 N–H and O–H groups in total. The molecule has 8 heteroatoms. The van der Waals surface area contributed by atoms with Crippen molar-refractivity contribution in [3.63, 3.8) is 0 Å². The zero-order valence-corrected chi connectivity index (χ0v) is 35.0. The van der Waals surface area contributed by atoms with Gasteiger partial charge in [0.1, 0.15) is 11.5 Å². The zero-order chi connectivity index (χ0) is 36.6. The predicted octanol–water partition coefficient (Wildman–Crippen LogP) is 14.3. The fourth-order valence-corrected chi connectivity index (χ4v) is 12.7. The van der Waals surface area contributed by atoms with Gasteiger partial charge in [0.15, 0.2) is 0 Å². The van der Waals surface area contributed by atoms with Gasteiger partial charge < -0.3 is 14.8 Å². The van der Waals surface area contributed by atoms with E-state index in [1.54, 1.807) is 23.5 Å². The molecule has 0 fully saturated rings. The van der Waals surface area contributed by atoms with Gasteiger partial charge in [-0.2, -0.15) is 0 Å². The third-order valence-electron chi connectivity index (χ3n) is 8.73. The van der Waals surface area contributed by atoms with Gasteiger partial charge in [-0.1, -0.05) is 189 Å². The minimum atomic E-state index is -0.391. The van der Waals surface area contributed by atoms with Crippen LogP contribution in [0.5, 0.6) is 11.5 Å². The number of hydrogen-bond acceptors (Lipinski definition) is 7. The van der Waals surface area contributed by atoms with Gasteiger partial charge in [0, 0.05) is 11.3 Å². The van der Waals surface area contributed by atoms with Crippen LogP contribution in [0.4, 0.5) is 5.69 Å². The lowest BCUT2D eigenvalue weighted by atomic mass is 9.83. The number of ether oxygens (including phenoxy) is 2. The number of allylic oxidation sites excluding steroid dienone is 1. The largest absolute Gasteiger partial charge is 0.491 e. The van der Waals surface area contributed by atoms with E-state index in [2.05, 4.69) is 91.0 Å². The second-order valence-electron chi connectivity index (χ2n) is 15.2. The summed E-state index contributed by atoms with van der Waals surface area (Å²) in [5, 5.41) is 3.18. The Kier molecular flexibility index (Phi) is 14.1. The molecule has 0 spiro atoms. The van der Waals surface area contributed by atoms with Gasteiger partial charge in [-0.3, -0.25) is 4.79 Å². The first-order valence-corrected chi connectivity index (χ1v) is 21.8. The summed E-state index contributed by atoms with van der Waals surface area (Å²) in [6.07, 6.45) is 9.10. The van der Waals surface area contributed by atoms with Crippen LogP contribution in [0.2, 0.25) is 0 Å².